The summed E-state index contributed by atoms with van der Waals surface area (Å²) in [5.74, 6) is 0.615. The van der Waals surface area contributed by atoms with Gasteiger partial charge in [-0.15, -0.1) is 0 Å². The van der Waals surface area contributed by atoms with Crippen molar-refractivity contribution < 1.29 is 9.21 Å². The summed E-state index contributed by atoms with van der Waals surface area (Å²) in [6.07, 6.45) is 3.91. The van der Waals surface area contributed by atoms with E-state index in [1.165, 1.54) is 24.0 Å². The number of rotatable bonds is 3. The molecule has 1 heterocycles. The first kappa shape index (κ1) is 14.0. The number of aromatic nitrogens is 1. The van der Waals surface area contributed by atoms with Crippen LogP contribution in [0, 0.1) is 6.92 Å². The summed E-state index contributed by atoms with van der Waals surface area (Å²) in [4.78, 5) is 16.6. The smallest absolute Gasteiger partial charge is 0.228 e. The van der Waals surface area contributed by atoms with Crippen LogP contribution in [0.15, 0.2) is 40.8 Å². The second-order valence-corrected chi connectivity index (χ2v) is 6.10. The molecule has 1 N–H and O–H groups in total. The number of carbonyl (C=O) groups excluding carboxylic acids is 1. The number of nitrogens with one attached hydrogen (secondary N) is 1. The van der Waals surface area contributed by atoms with Gasteiger partial charge >= 0.3 is 0 Å². The van der Waals surface area contributed by atoms with Gasteiger partial charge in [0.2, 0.25) is 5.91 Å². The minimum Gasteiger partial charge on any atom is -0.441 e. The Morgan fingerprint density at radius 3 is 2.96 bits per heavy atom. The van der Waals surface area contributed by atoms with E-state index >= 15 is 0 Å². The molecule has 116 valence electrons. The lowest BCUT2D eigenvalue weighted by atomic mass is 10.0. The molecule has 0 radical (unpaired) electrons. The van der Waals surface area contributed by atoms with Crippen molar-refractivity contribution in [3.63, 3.8) is 0 Å². The maximum absolute atomic E-state index is 12.3. The predicted molar refractivity (Wildman–Crippen MR) is 89.5 cm³/mol. The third-order valence-corrected chi connectivity index (χ3v) is 4.31. The highest BCUT2D eigenvalue weighted by molar-refractivity contribution is 5.94. The van der Waals surface area contributed by atoms with Crippen molar-refractivity contribution in [1.29, 1.82) is 0 Å². The third-order valence-electron chi connectivity index (χ3n) is 4.31. The van der Waals surface area contributed by atoms with E-state index in [-0.39, 0.29) is 5.91 Å². The Bertz CT molecular complexity index is 896. The molecule has 0 saturated carbocycles. The van der Waals surface area contributed by atoms with Crippen molar-refractivity contribution >= 4 is 22.7 Å². The van der Waals surface area contributed by atoms with Crippen LogP contribution in [-0.2, 0) is 24.1 Å². The summed E-state index contributed by atoms with van der Waals surface area (Å²) < 4.78 is 5.44. The zero-order valence-corrected chi connectivity index (χ0v) is 13.1. The first-order valence-corrected chi connectivity index (χ1v) is 7.95. The molecule has 0 bridgehead atoms. The molecule has 1 aromatic heterocycles. The van der Waals surface area contributed by atoms with Gasteiger partial charge in [-0.3, -0.25) is 4.79 Å². The molecule has 4 heteroatoms. The largest absolute Gasteiger partial charge is 0.441 e. The minimum atomic E-state index is -0.0116. The van der Waals surface area contributed by atoms with Crippen LogP contribution < -0.4 is 5.32 Å². The summed E-state index contributed by atoms with van der Waals surface area (Å²) in [7, 11) is 0. The van der Waals surface area contributed by atoms with Crippen LogP contribution in [0.25, 0.3) is 11.1 Å². The molecule has 3 aromatic rings. The Morgan fingerprint density at radius 2 is 2.04 bits per heavy atom. The van der Waals surface area contributed by atoms with Gasteiger partial charge in [0, 0.05) is 12.6 Å². The number of nitrogens with zero attached hydrogens (tertiary/aromatic N) is 1. The van der Waals surface area contributed by atoms with E-state index in [0.29, 0.717) is 12.3 Å². The second kappa shape index (κ2) is 5.54. The Kier molecular flexibility index (Phi) is 3.37. The summed E-state index contributed by atoms with van der Waals surface area (Å²) >= 11 is 0. The van der Waals surface area contributed by atoms with E-state index in [9.17, 15) is 4.79 Å². The number of carbonyl (C=O) groups is 1. The first-order valence-electron chi connectivity index (χ1n) is 7.95. The van der Waals surface area contributed by atoms with Gasteiger partial charge in [-0.2, -0.15) is 0 Å². The Labute approximate surface area is 134 Å². The second-order valence-electron chi connectivity index (χ2n) is 6.10. The number of amides is 1. The number of aryl methyl sites for hydroxylation is 3. The molecule has 0 unspecified atom stereocenters. The summed E-state index contributed by atoms with van der Waals surface area (Å²) in [6, 6.07) is 11.9. The minimum absolute atomic E-state index is 0.0116. The van der Waals surface area contributed by atoms with Crippen LogP contribution in [0.2, 0.25) is 0 Å². The number of benzene rings is 2. The van der Waals surface area contributed by atoms with Crippen LogP contribution in [0.3, 0.4) is 0 Å². The van der Waals surface area contributed by atoms with Crippen molar-refractivity contribution in [2.24, 2.45) is 0 Å². The average Bonchev–Trinajstić information content (AvgIpc) is 3.11. The van der Waals surface area contributed by atoms with Crippen LogP contribution in [0.5, 0.6) is 0 Å². The SMILES string of the molecule is Cc1nc2cc(NC(=O)Cc3ccc4c(c3)CCC4)ccc2o1. The zero-order valence-electron chi connectivity index (χ0n) is 13.1. The molecule has 1 aliphatic rings. The molecular formula is C19H18N2O2. The molecule has 0 saturated heterocycles. The lowest BCUT2D eigenvalue weighted by molar-refractivity contribution is -0.115. The van der Waals surface area contributed by atoms with Gasteiger partial charge in [0.25, 0.3) is 0 Å². The van der Waals surface area contributed by atoms with Crippen molar-refractivity contribution in [2.75, 3.05) is 5.32 Å². The fraction of sp³-hybridized carbons (Fsp3) is 0.263. The molecule has 0 fully saturated rings. The summed E-state index contributed by atoms with van der Waals surface area (Å²) in [5, 5.41) is 2.94. The highest BCUT2D eigenvalue weighted by atomic mass is 16.3. The van der Waals surface area contributed by atoms with Crippen molar-refractivity contribution in [3.8, 4) is 0 Å². The topological polar surface area (TPSA) is 55.1 Å². The monoisotopic (exact) mass is 306 g/mol. The van der Waals surface area contributed by atoms with Gasteiger partial charge in [0.05, 0.1) is 6.42 Å². The summed E-state index contributed by atoms with van der Waals surface area (Å²) in [5.41, 5.74) is 6.14. The predicted octanol–water partition coefficient (Wildman–Crippen LogP) is 3.81. The van der Waals surface area contributed by atoms with E-state index in [1.54, 1.807) is 0 Å². The molecule has 0 aliphatic heterocycles. The summed E-state index contributed by atoms with van der Waals surface area (Å²) in [6.45, 7) is 1.81. The molecule has 4 nitrogen and oxygen atoms in total. The number of anilines is 1. The van der Waals surface area contributed by atoms with Crippen LogP contribution in [0.1, 0.15) is 29.0 Å². The van der Waals surface area contributed by atoms with Gasteiger partial charge in [0.1, 0.15) is 5.52 Å². The quantitative estimate of drug-likeness (QED) is 0.800. The van der Waals surface area contributed by atoms with Crippen molar-refractivity contribution in [3.05, 3.63) is 59.0 Å². The average molecular weight is 306 g/mol. The van der Waals surface area contributed by atoms with Gasteiger partial charge in [-0.1, -0.05) is 18.2 Å². The van der Waals surface area contributed by atoms with Crippen molar-refractivity contribution in [1.82, 2.24) is 4.98 Å². The number of hydrogen-bond acceptors (Lipinski definition) is 3. The zero-order chi connectivity index (χ0) is 15.8. The van der Waals surface area contributed by atoms with Gasteiger partial charge in [0.15, 0.2) is 11.5 Å². The van der Waals surface area contributed by atoms with E-state index < -0.39 is 0 Å². The van der Waals surface area contributed by atoms with Crippen LogP contribution in [-0.4, -0.2) is 10.9 Å². The van der Waals surface area contributed by atoms with E-state index in [0.717, 1.165) is 28.8 Å². The lowest BCUT2D eigenvalue weighted by Crippen LogP contribution is -2.14. The van der Waals surface area contributed by atoms with Crippen molar-refractivity contribution in [2.45, 2.75) is 32.6 Å². The molecule has 23 heavy (non-hydrogen) atoms. The first-order chi connectivity index (χ1) is 11.2. The molecular weight excluding hydrogens is 288 g/mol. The number of fused-ring (bicyclic) bond motifs is 2. The Balaban J connectivity index is 1.48. The molecule has 1 amide bonds. The number of hydrogen-bond donors (Lipinski definition) is 1. The molecule has 2 aromatic carbocycles. The van der Waals surface area contributed by atoms with E-state index in [4.69, 9.17) is 4.42 Å². The third kappa shape index (κ3) is 2.84. The van der Waals surface area contributed by atoms with Gasteiger partial charge in [-0.05, 0) is 54.2 Å². The maximum atomic E-state index is 12.3. The van der Waals surface area contributed by atoms with Gasteiger partial charge < -0.3 is 9.73 Å². The van der Waals surface area contributed by atoms with Crippen LogP contribution in [0.4, 0.5) is 5.69 Å². The lowest BCUT2D eigenvalue weighted by Gasteiger charge is -2.07. The Hall–Kier alpha value is -2.62. The fourth-order valence-corrected chi connectivity index (χ4v) is 3.25. The van der Waals surface area contributed by atoms with E-state index in [1.807, 2.05) is 25.1 Å². The molecule has 4 rings (SSSR count). The maximum Gasteiger partial charge on any atom is 0.228 e. The normalized spacial score (nSPS) is 13.3. The Morgan fingerprint density at radius 1 is 1.17 bits per heavy atom. The van der Waals surface area contributed by atoms with Crippen LogP contribution >= 0.6 is 0 Å². The fourth-order valence-electron chi connectivity index (χ4n) is 3.25. The standard InChI is InChI=1S/C19H18N2O2/c1-12-20-17-11-16(7-8-18(17)23-12)21-19(22)10-13-5-6-14-3-2-4-15(14)9-13/h5-9,11H,2-4,10H2,1H3,(H,21,22). The molecule has 0 spiro atoms. The van der Waals surface area contributed by atoms with Gasteiger partial charge in [-0.25, -0.2) is 4.98 Å². The highest BCUT2D eigenvalue weighted by Gasteiger charge is 2.12. The molecule has 0 atom stereocenters. The van der Waals surface area contributed by atoms with E-state index in [2.05, 4.69) is 28.5 Å². The molecule has 1 aliphatic carbocycles. The number of oxazole rings is 1. The highest BCUT2D eigenvalue weighted by Crippen LogP contribution is 2.23.